The largest absolute Gasteiger partial charge is 0.496 e. The number of hydrogen-bond acceptors (Lipinski definition) is 1. The Morgan fingerprint density at radius 1 is 1.10 bits per heavy atom. The van der Waals surface area contributed by atoms with Crippen LogP contribution in [-0.2, 0) is 6.42 Å². The first kappa shape index (κ1) is 15.1. The van der Waals surface area contributed by atoms with Gasteiger partial charge in [-0.2, -0.15) is 0 Å². The van der Waals surface area contributed by atoms with Crippen LogP contribution in [0.2, 0.25) is 0 Å². The summed E-state index contributed by atoms with van der Waals surface area (Å²) < 4.78 is 5.48. The van der Waals surface area contributed by atoms with Crippen LogP contribution in [0.25, 0.3) is 0 Å². The van der Waals surface area contributed by atoms with Crippen LogP contribution in [0.15, 0.2) is 42.5 Å². The minimum Gasteiger partial charge on any atom is -0.496 e. The fourth-order valence-electron chi connectivity index (χ4n) is 2.37. The lowest BCUT2D eigenvalue weighted by Gasteiger charge is -2.16. The van der Waals surface area contributed by atoms with E-state index in [2.05, 4.69) is 66.2 Å². The summed E-state index contributed by atoms with van der Waals surface area (Å²) in [4.78, 5) is 0.160. The van der Waals surface area contributed by atoms with Gasteiger partial charge in [0.05, 0.1) is 11.9 Å². The lowest BCUT2D eigenvalue weighted by atomic mass is 10.00. The fourth-order valence-corrected chi connectivity index (χ4v) is 3.04. The van der Waals surface area contributed by atoms with Gasteiger partial charge < -0.3 is 4.74 Å². The highest BCUT2D eigenvalue weighted by atomic mass is 79.9. The van der Waals surface area contributed by atoms with Gasteiger partial charge in [-0.25, -0.2) is 0 Å². The zero-order valence-electron chi connectivity index (χ0n) is 12.3. The van der Waals surface area contributed by atoms with Crippen LogP contribution < -0.4 is 4.74 Å². The highest BCUT2D eigenvalue weighted by Crippen LogP contribution is 2.37. The SMILES string of the molecule is CCCc1ccc(C(Br)c2cc(C)ccc2OC)cc1. The third-order valence-corrected chi connectivity index (χ3v) is 4.49. The highest BCUT2D eigenvalue weighted by Gasteiger charge is 2.15. The van der Waals surface area contributed by atoms with E-state index in [9.17, 15) is 0 Å². The Morgan fingerprint density at radius 3 is 2.40 bits per heavy atom. The van der Waals surface area contributed by atoms with Crippen molar-refractivity contribution < 1.29 is 4.74 Å². The van der Waals surface area contributed by atoms with Gasteiger partial charge in [0.1, 0.15) is 5.75 Å². The fraction of sp³-hybridized carbons (Fsp3) is 0.333. The minimum absolute atomic E-state index is 0.160. The van der Waals surface area contributed by atoms with Crippen molar-refractivity contribution in [2.24, 2.45) is 0 Å². The molecule has 0 bridgehead atoms. The molecule has 0 N–H and O–H groups in total. The second-order valence-corrected chi connectivity index (χ2v) is 6.02. The van der Waals surface area contributed by atoms with Gasteiger partial charge in [0.25, 0.3) is 0 Å². The molecule has 20 heavy (non-hydrogen) atoms. The third kappa shape index (κ3) is 3.43. The van der Waals surface area contributed by atoms with Crippen LogP contribution in [0.1, 0.15) is 40.4 Å². The number of aryl methyl sites for hydroxylation is 2. The van der Waals surface area contributed by atoms with E-state index in [4.69, 9.17) is 4.74 Å². The lowest BCUT2D eigenvalue weighted by Crippen LogP contribution is -1.98. The molecule has 1 nitrogen and oxygen atoms in total. The number of methoxy groups -OCH3 is 1. The molecule has 0 spiro atoms. The number of benzene rings is 2. The summed E-state index contributed by atoms with van der Waals surface area (Å²) in [6, 6.07) is 15.1. The molecular formula is C18H21BrO. The monoisotopic (exact) mass is 332 g/mol. The van der Waals surface area contributed by atoms with E-state index in [-0.39, 0.29) is 4.83 Å². The van der Waals surface area contributed by atoms with Gasteiger partial charge >= 0.3 is 0 Å². The molecule has 0 aliphatic rings. The zero-order valence-corrected chi connectivity index (χ0v) is 13.9. The van der Waals surface area contributed by atoms with Gasteiger partial charge in [-0.1, -0.05) is 71.2 Å². The Labute approximate surface area is 130 Å². The molecule has 0 heterocycles. The Bertz CT molecular complexity index is 560. The molecule has 106 valence electrons. The standard InChI is InChI=1S/C18H21BrO/c1-4-5-14-7-9-15(10-8-14)18(19)16-12-13(2)6-11-17(16)20-3/h6-12,18H,4-5H2,1-3H3. The van der Waals surface area contributed by atoms with E-state index in [1.54, 1.807) is 7.11 Å². The van der Waals surface area contributed by atoms with E-state index in [0.29, 0.717) is 0 Å². The van der Waals surface area contributed by atoms with Crippen LogP contribution in [0, 0.1) is 6.92 Å². The molecule has 0 amide bonds. The van der Waals surface area contributed by atoms with Crippen molar-refractivity contribution in [3.05, 3.63) is 64.7 Å². The number of halogens is 1. The predicted octanol–water partition coefficient (Wildman–Crippen LogP) is 5.44. The summed E-state index contributed by atoms with van der Waals surface area (Å²) in [5.41, 5.74) is 5.07. The molecule has 2 aromatic rings. The molecule has 0 aliphatic heterocycles. The second-order valence-electron chi connectivity index (χ2n) is 5.10. The molecule has 0 aromatic heterocycles. The summed E-state index contributed by atoms with van der Waals surface area (Å²) >= 11 is 3.80. The molecule has 2 rings (SSSR count). The first-order chi connectivity index (χ1) is 9.65. The number of ether oxygens (including phenoxy) is 1. The first-order valence-electron chi connectivity index (χ1n) is 7.03. The molecule has 0 saturated carbocycles. The molecular weight excluding hydrogens is 312 g/mol. The molecule has 0 saturated heterocycles. The van der Waals surface area contributed by atoms with Crippen molar-refractivity contribution in [1.29, 1.82) is 0 Å². The van der Waals surface area contributed by atoms with Crippen LogP contribution in [0.5, 0.6) is 5.75 Å². The van der Waals surface area contributed by atoms with Crippen LogP contribution >= 0.6 is 15.9 Å². The van der Waals surface area contributed by atoms with Crippen LogP contribution in [0.3, 0.4) is 0 Å². The van der Waals surface area contributed by atoms with E-state index < -0.39 is 0 Å². The van der Waals surface area contributed by atoms with Crippen molar-refractivity contribution in [3.8, 4) is 5.75 Å². The van der Waals surface area contributed by atoms with Crippen LogP contribution in [0.4, 0.5) is 0 Å². The summed E-state index contributed by atoms with van der Waals surface area (Å²) in [7, 11) is 1.72. The van der Waals surface area contributed by atoms with E-state index >= 15 is 0 Å². The van der Waals surface area contributed by atoms with Crippen molar-refractivity contribution in [1.82, 2.24) is 0 Å². The smallest absolute Gasteiger partial charge is 0.123 e. The Morgan fingerprint density at radius 2 is 1.80 bits per heavy atom. The van der Waals surface area contributed by atoms with Crippen molar-refractivity contribution in [3.63, 3.8) is 0 Å². The summed E-state index contributed by atoms with van der Waals surface area (Å²) in [6.07, 6.45) is 2.32. The van der Waals surface area contributed by atoms with E-state index in [0.717, 1.165) is 12.2 Å². The van der Waals surface area contributed by atoms with Crippen molar-refractivity contribution in [2.45, 2.75) is 31.5 Å². The molecule has 0 aliphatic carbocycles. The number of alkyl halides is 1. The molecule has 1 unspecified atom stereocenters. The molecule has 0 radical (unpaired) electrons. The van der Waals surface area contributed by atoms with E-state index in [1.165, 1.54) is 28.7 Å². The van der Waals surface area contributed by atoms with Gasteiger partial charge in [-0.05, 0) is 30.5 Å². The van der Waals surface area contributed by atoms with Gasteiger partial charge in [0.2, 0.25) is 0 Å². The summed E-state index contributed by atoms with van der Waals surface area (Å²) in [6.45, 7) is 4.31. The average Bonchev–Trinajstić information content (AvgIpc) is 2.47. The molecule has 0 fully saturated rings. The maximum Gasteiger partial charge on any atom is 0.123 e. The number of rotatable bonds is 5. The maximum absolute atomic E-state index is 5.48. The second kappa shape index (κ2) is 6.94. The number of hydrogen-bond donors (Lipinski definition) is 0. The topological polar surface area (TPSA) is 9.23 Å². The zero-order chi connectivity index (χ0) is 14.5. The molecule has 2 aromatic carbocycles. The minimum atomic E-state index is 0.160. The molecule has 2 heteroatoms. The predicted molar refractivity (Wildman–Crippen MR) is 88.9 cm³/mol. The molecule has 1 atom stereocenters. The van der Waals surface area contributed by atoms with Gasteiger partial charge in [-0.3, -0.25) is 0 Å². The normalized spacial score (nSPS) is 12.2. The third-order valence-electron chi connectivity index (χ3n) is 3.47. The first-order valence-corrected chi connectivity index (χ1v) is 7.94. The summed E-state index contributed by atoms with van der Waals surface area (Å²) in [5, 5.41) is 0. The van der Waals surface area contributed by atoms with Gasteiger partial charge in [0.15, 0.2) is 0 Å². The summed E-state index contributed by atoms with van der Waals surface area (Å²) in [5.74, 6) is 0.926. The lowest BCUT2D eigenvalue weighted by molar-refractivity contribution is 0.410. The van der Waals surface area contributed by atoms with Crippen molar-refractivity contribution in [2.75, 3.05) is 7.11 Å². The van der Waals surface area contributed by atoms with Gasteiger partial charge in [0, 0.05) is 5.56 Å². The Hall–Kier alpha value is -1.28. The Kier molecular flexibility index (Phi) is 5.24. The van der Waals surface area contributed by atoms with Crippen molar-refractivity contribution >= 4 is 15.9 Å². The van der Waals surface area contributed by atoms with Crippen LogP contribution in [-0.4, -0.2) is 7.11 Å². The Balaban J connectivity index is 2.30. The van der Waals surface area contributed by atoms with Gasteiger partial charge in [-0.15, -0.1) is 0 Å². The quantitative estimate of drug-likeness (QED) is 0.662. The average molecular weight is 333 g/mol. The van der Waals surface area contributed by atoms with E-state index in [1.807, 2.05) is 6.07 Å². The maximum atomic E-state index is 5.48. The highest BCUT2D eigenvalue weighted by molar-refractivity contribution is 9.09.